The zero-order valence-corrected chi connectivity index (χ0v) is 11.6. The van der Waals surface area contributed by atoms with Gasteiger partial charge in [-0.25, -0.2) is 0 Å². The topological polar surface area (TPSA) is 62.4 Å². The summed E-state index contributed by atoms with van der Waals surface area (Å²) in [6.45, 7) is 2.31. The molecule has 1 fully saturated rings. The van der Waals surface area contributed by atoms with Crippen LogP contribution in [0.25, 0.3) is 10.8 Å². The van der Waals surface area contributed by atoms with Crippen LogP contribution in [0.2, 0.25) is 0 Å². The summed E-state index contributed by atoms with van der Waals surface area (Å²) in [6, 6.07) is 6.16. The number of aliphatic hydroxyl groups excluding tert-OH is 1. The maximum absolute atomic E-state index is 9.12. The fourth-order valence-corrected chi connectivity index (χ4v) is 3.16. The molecule has 2 aromatic rings. The Morgan fingerprint density at radius 2 is 2.25 bits per heavy atom. The number of hydrogen-bond acceptors (Lipinski definition) is 4. The molecular formula is C16H21N3O. The van der Waals surface area contributed by atoms with Crippen LogP contribution in [0.1, 0.15) is 19.3 Å². The summed E-state index contributed by atoms with van der Waals surface area (Å²) in [6.07, 6.45) is 6.88. The second-order valence-electron chi connectivity index (χ2n) is 5.56. The van der Waals surface area contributed by atoms with E-state index in [1.165, 1.54) is 12.8 Å². The predicted molar refractivity (Wildman–Crippen MR) is 82.8 cm³/mol. The molecule has 4 heteroatoms. The molecule has 0 spiro atoms. The number of hydrogen-bond donors (Lipinski definition) is 2. The van der Waals surface area contributed by atoms with E-state index in [1.54, 1.807) is 6.20 Å². The van der Waals surface area contributed by atoms with E-state index in [4.69, 9.17) is 10.8 Å². The second kappa shape index (κ2) is 5.67. The molecule has 0 saturated carbocycles. The van der Waals surface area contributed by atoms with Crippen molar-refractivity contribution in [1.29, 1.82) is 0 Å². The first-order chi connectivity index (χ1) is 9.79. The van der Waals surface area contributed by atoms with Crippen molar-refractivity contribution < 1.29 is 5.11 Å². The first-order valence-electron chi connectivity index (χ1n) is 7.27. The zero-order chi connectivity index (χ0) is 13.9. The molecule has 1 aliphatic heterocycles. The Morgan fingerprint density at radius 1 is 1.35 bits per heavy atom. The van der Waals surface area contributed by atoms with Gasteiger partial charge in [-0.2, -0.15) is 0 Å². The van der Waals surface area contributed by atoms with Gasteiger partial charge in [-0.3, -0.25) is 4.98 Å². The van der Waals surface area contributed by atoms with Crippen LogP contribution in [-0.4, -0.2) is 29.8 Å². The highest BCUT2D eigenvalue weighted by Gasteiger charge is 2.21. The molecule has 1 aromatic carbocycles. The SMILES string of the molecule is Nc1c(N2CCCC(CCO)C2)ccc2cnccc12. The number of fused-ring (bicyclic) bond motifs is 1. The van der Waals surface area contributed by atoms with Gasteiger partial charge >= 0.3 is 0 Å². The van der Waals surface area contributed by atoms with Crippen molar-refractivity contribution in [3.05, 3.63) is 30.6 Å². The Morgan fingerprint density at radius 3 is 3.10 bits per heavy atom. The largest absolute Gasteiger partial charge is 0.397 e. The molecule has 0 radical (unpaired) electrons. The van der Waals surface area contributed by atoms with Crippen LogP contribution in [0, 0.1) is 5.92 Å². The van der Waals surface area contributed by atoms with Crippen LogP contribution in [0.4, 0.5) is 11.4 Å². The van der Waals surface area contributed by atoms with Crippen LogP contribution in [-0.2, 0) is 0 Å². The number of piperidine rings is 1. The van der Waals surface area contributed by atoms with Gasteiger partial charge in [0.1, 0.15) is 0 Å². The lowest BCUT2D eigenvalue weighted by atomic mass is 9.94. The molecule has 0 amide bonds. The minimum absolute atomic E-state index is 0.275. The molecule has 0 aliphatic carbocycles. The van der Waals surface area contributed by atoms with Gasteiger partial charge in [0.15, 0.2) is 0 Å². The smallest absolute Gasteiger partial charge is 0.0632 e. The van der Waals surface area contributed by atoms with Crippen molar-refractivity contribution in [1.82, 2.24) is 4.98 Å². The first-order valence-corrected chi connectivity index (χ1v) is 7.27. The van der Waals surface area contributed by atoms with E-state index in [9.17, 15) is 0 Å². The zero-order valence-electron chi connectivity index (χ0n) is 11.6. The van der Waals surface area contributed by atoms with E-state index in [-0.39, 0.29) is 6.61 Å². The highest BCUT2D eigenvalue weighted by molar-refractivity contribution is 5.98. The normalized spacial score (nSPS) is 19.4. The predicted octanol–water partition coefficient (Wildman–Crippen LogP) is 2.42. The summed E-state index contributed by atoms with van der Waals surface area (Å²) in [5.41, 5.74) is 8.31. The number of benzene rings is 1. The maximum atomic E-state index is 9.12. The number of pyridine rings is 1. The Kier molecular flexibility index (Phi) is 3.74. The monoisotopic (exact) mass is 271 g/mol. The van der Waals surface area contributed by atoms with Crippen molar-refractivity contribution in [2.45, 2.75) is 19.3 Å². The number of nitrogens with two attached hydrogens (primary N) is 1. The van der Waals surface area contributed by atoms with Gasteiger partial charge in [-0.1, -0.05) is 6.07 Å². The molecule has 3 N–H and O–H groups in total. The number of aliphatic hydroxyl groups is 1. The maximum Gasteiger partial charge on any atom is 0.0632 e. The van der Waals surface area contributed by atoms with E-state index in [1.807, 2.05) is 12.3 Å². The lowest BCUT2D eigenvalue weighted by Crippen LogP contribution is -2.36. The van der Waals surface area contributed by atoms with Gasteiger partial charge in [-0.15, -0.1) is 0 Å². The molecule has 4 nitrogen and oxygen atoms in total. The minimum Gasteiger partial charge on any atom is -0.397 e. The second-order valence-corrected chi connectivity index (χ2v) is 5.56. The molecule has 3 rings (SSSR count). The number of nitrogen functional groups attached to an aromatic ring is 1. The van der Waals surface area contributed by atoms with Gasteiger partial charge in [0.2, 0.25) is 0 Å². The Bertz CT molecular complexity index is 597. The highest BCUT2D eigenvalue weighted by atomic mass is 16.3. The Hall–Kier alpha value is -1.81. The number of aromatic nitrogens is 1. The van der Waals surface area contributed by atoms with Crippen molar-refractivity contribution in [3.8, 4) is 0 Å². The van der Waals surface area contributed by atoms with E-state index >= 15 is 0 Å². The summed E-state index contributed by atoms with van der Waals surface area (Å²) in [5.74, 6) is 0.571. The summed E-state index contributed by atoms with van der Waals surface area (Å²) >= 11 is 0. The van der Waals surface area contributed by atoms with Gasteiger partial charge in [0.05, 0.1) is 11.4 Å². The third-order valence-electron chi connectivity index (χ3n) is 4.24. The molecule has 1 aliphatic rings. The van der Waals surface area contributed by atoms with E-state index in [0.717, 1.165) is 41.7 Å². The molecule has 106 valence electrons. The van der Waals surface area contributed by atoms with Gasteiger partial charge < -0.3 is 15.7 Å². The summed E-state index contributed by atoms with van der Waals surface area (Å²) in [4.78, 5) is 6.50. The fraction of sp³-hybridized carbons (Fsp3) is 0.438. The van der Waals surface area contributed by atoms with Gasteiger partial charge in [-0.05, 0) is 37.3 Å². The molecular weight excluding hydrogens is 250 g/mol. The van der Waals surface area contributed by atoms with Gasteiger partial charge in [0, 0.05) is 42.9 Å². The number of nitrogens with zero attached hydrogens (tertiary/aromatic N) is 2. The first kappa shape index (κ1) is 13.2. The van der Waals surface area contributed by atoms with Crippen molar-refractivity contribution >= 4 is 22.1 Å². The lowest BCUT2D eigenvalue weighted by Gasteiger charge is -2.35. The Balaban J connectivity index is 1.91. The van der Waals surface area contributed by atoms with Crippen LogP contribution >= 0.6 is 0 Å². The number of anilines is 2. The molecule has 20 heavy (non-hydrogen) atoms. The molecule has 2 heterocycles. The van der Waals surface area contributed by atoms with E-state index in [2.05, 4.69) is 22.0 Å². The lowest BCUT2D eigenvalue weighted by molar-refractivity contribution is 0.244. The minimum atomic E-state index is 0.275. The molecule has 1 aromatic heterocycles. The summed E-state index contributed by atoms with van der Waals surface area (Å²) in [7, 11) is 0. The van der Waals surface area contributed by atoms with Crippen molar-refractivity contribution in [2.24, 2.45) is 5.92 Å². The average Bonchev–Trinajstić information content (AvgIpc) is 2.48. The quantitative estimate of drug-likeness (QED) is 0.842. The van der Waals surface area contributed by atoms with Crippen LogP contribution in [0.5, 0.6) is 0 Å². The summed E-state index contributed by atoms with van der Waals surface area (Å²) < 4.78 is 0. The van der Waals surface area contributed by atoms with Crippen LogP contribution < -0.4 is 10.6 Å². The van der Waals surface area contributed by atoms with Crippen molar-refractivity contribution in [2.75, 3.05) is 30.3 Å². The molecule has 1 unspecified atom stereocenters. The molecule has 1 atom stereocenters. The van der Waals surface area contributed by atoms with Gasteiger partial charge in [0.25, 0.3) is 0 Å². The standard InChI is InChI=1S/C16H21N3O/c17-16-14-5-7-18-10-13(14)3-4-15(16)19-8-1-2-12(11-19)6-9-20/h3-5,7,10,12,20H,1-2,6,8-9,11,17H2. The van der Waals surface area contributed by atoms with Crippen LogP contribution in [0.3, 0.4) is 0 Å². The number of rotatable bonds is 3. The average molecular weight is 271 g/mol. The molecule has 1 saturated heterocycles. The highest BCUT2D eigenvalue weighted by Crippen LogP contribution is 2.33. The van der Waals surface area contributed by atoms with Crippen LogP contribution in [0.15, 0.2) is 30.6 Å². The fourth-order valence-electron chi connectivity index (χ4n) is 3.16. The van der Waals surface area contributed by atoms with E-state index in [0.29, 0.717) is 5.92 Å². The van der Waals surface area contributed by atoms with E-state index < -0.39 is 0 Å². The Labute approximate surface area is 119 Å². The molecule has 0 bridgehead atoms. The summed E-state index contributed by atoms with van der Waals surface area (Å²) in [5, 5.41) is 11.3. The third kappa shape index (κ3) is 2.43. The third-order valence-corrected chi connectivity index (χ3v) is 4.24. The van der Waals surface area contributed by atoms with Crippen molar-refractivity contribution in [3.63, 3.8) is 0 Å².